The lowest BCUT2D eigenvalue weighted by atomic mass is 10.0. The average Bonchev–Trinajstić information content (AvgIpc) is 3.22. The Morgan fingerprint density at radius 2 is 0.864 bits per heavy atom. The summed E-state index contributed by atoms with van der Waals surface area (Å²) in [5.41, 5.74) is 5.38. The van der Waals surface area contributed by atoms with Gasteiger partial charge in [0.15, 0.2) is 0 Å². The summed E-state index contributed by atoms with van der Waals surface area (Å²) < 4.78 is 22.2. The van der Waals surface area contributed by atoms with Gasteiger partial charge in [-0.1, -0.05) is 257 Å². The summed E-state index contributed by atoms with van der Waals surface area (Å²) >= 11 is 0. The van der Waals surface area contributed by atoms with Crippen molar-refractivity contribution in [3.05, 3.63) is 12.2 Å². The number of phosphoric ester groups is 1. The number of rotatable bonds is 49. The Balaban J connectivity index is 3.92. The summed E-state index contributed by atoms with van der Waals surface area (Å²) in [4.78, 5) is 22.8. The topological polar surface area (TPSA) is 131 Å². The normalized spacial score (nSPS) is 13.9. The van der Waals surface area contributed by atoms with Crippen molar-refractivity contribution in [2.45, 2.75) is 283 Å². The van der Waals surface area contributed by atoms with Gasteiger partial charge in [0.1, 0.15) is 0 Å². The van der Waals surface area contributed by atoms with Crippen LogP contribution in [0.3, 0.4) is 0 Å². The van der Waals surface area contributed by atoms with E-state index >= 15 is 0 Å². The Hall–Kier alpha value is -0.760. The molecule has 0 rings (SSSR count). The minimum absolute atomic E-state index is 0.0815. The van der Waals surface area contributed by atoms with Crippen LogP contribution in [-0.2, 0) is 18.4 Å². The lowest BCUT2D eigenvalue weighted by molar-refractivity contribution is -0.123. The van der Waals surface area contributed by atoms with Crippen LogP contribution < -0.4 is 11.1 Å². The lowest BCUT2D eigenvalue weighted by Gasteiger charge is -2.23. The number of unbranched alkanes of at least 4 members (excludes halogenated alkanes) is 37. The van der Waals surface area contributed by atoms with Crippen LogP contribution >= 0.6 is 7.82 Å². The van der Waals surface area contributed by atoms with Crippen molar-refractivity contribution in [1.82, 2.24) is 5.32 Å². The molecule has 5 N–H and O–H groups in total. The minimum Gasteiger partial charge on any atom is -0.387 e. The molecule has 0 aromatic heterocycles. The number of nitrogens with two attached hydrogens (primary N) is 1. The molecule has 0 saturated carbocycles. The number of aliphatic hydroxyl groups is 1. The molecular formula is C50H101N2O6P. The molecular weight excluding hydrogens is 756 g/mol. The fourth-order valence-corrected chi connectivity index (χ4v) is 8.72. The van der Waals surface area contributed by atoms with E-state index in [4.69, 9.17) is 14.8 Å². The smallest absolute Gasteiger partial charge is 0.387 e. The van der Waals surface area contributed by atoms with E-state index in [-0.39, 0.29) is 25.7 Å². The van der Waals surface area contributed by atoms with Crippen molar-refractivity contribution in [1.29, 1.82) is 0 Å². The molecule has 0 aromatic carbocycles. The first-order valence-electron chi connectivity index (χ1n) is 25.8. The van der Waals surface area contributed by atoms with Crippen molar-refractivity contribution in [2.75, 3.05) is 19.8 Å². The summed E-state index contributed by atoms with van der Waals surface area (Å²) in [7, 11) is -4.34. The third-order valence-electron chi connectivity index (χ3n) is 11.9. The Bertz CT molecular complexity index is 937. The quantitative estimate of drug-likeness (QED) is 0.0272. The second-order valence-corrected chi connectivity index (χ2v) is 19.2. The molecule has 0 aliphatic carbocycles. The molecule has 0 aliphatic rings. The highest BCUT2D eigenvalue weighted by Crippen LogP contribution is 2.43. The van der Waals surface area contributed by atoms with E-state index in [1.54, 1.807) is 6.08 Å². The summed E-state index contributed by atoms with van der Waals surface area (Å²) in [5.74, 6) is -0.188. The van der Waals surface area contributed by atoms with Gasteiger partial charge < -0.3 is 21.1 Å². The monoisotopic (exact) mass is 857 g/mol. The number of carbonyl (C=O) groups excluding carboxylic acids is 1. The second kappa shape index (κ2) is 46.7. The molecule has 9 heteroatoms. The maximum Gasteiger partial charge on any atom is 0.472 e. The first kappa shape index (κ1) is 58.2. The summed E-state index contributed by atoms with van der Waals surface area (Å²) in [6.07, 6.45) is 54.3. The number of amides is 1. The van der Waals surface area contributed by atoms with Gasteiger partial charge >= 0.3 is 7.82 Å². The predicted molar refractivity (Wildman–Crippen MR) is 254 cm³/mol. The molecule has 8 nitrogen and oxygen atoms in total. The molecule has 1 amide bonds. The van der Waals surface area contributed by atoms with E-state index in [1.807, 2.05) is 6.08 Å². The SMILES string of the molecule is CCCCCCCCCCCCC/C=C/[C@@H](O)[C@H](COP(=O)(O)OCCN)NC(=O)CCCCCCCCCCCCCCCCCCCCCCCCCCCCC. The third-order valence-corrected chi connectivity index (χ3v) is 12.8. The largest absolute Gasteiger partial charge is 0.472 e. The Labute approximate surface area is 366 Å². The van der Waals surface area contributed by atoms with Crippen LogP contribution in [0, 0.1) is 0 Å². The summed E-state index contributed by atoms with van der Waals surface area (Å²) in [6, 6.07) is -0.855. The Morgan fingerprint density at radius 3 is 1.20 bits per heavy atom. The molecule has 0 fully saturated rings. The number of allylic oxidation sites excluding steroid dienone is 1. The molecule has 0 aromatic rings. The van der Waals surface area contributed by atoms with Crippen LogP contribution in [0.15, 0.2) is 12.2 Å². The van der Waals surface area contributed by atoms with Gasteiger partial charge in [-0.3, -0.25) is 13.8 Å². The van der Waals surface area contributed by atoms with Gasteiger partial charge in [-0.25, -0.2) is 4.57 Å². The molecule has 0 spiro atoms. The predicted octanol–water partition coefficient (Wildman–Crippen LogP) is 15.1. The fourth-order valence-electron chi connectivity index (χ4n) is 7.96. The van der Waals surface area contributed by atoms with Crippen LogP contribution in [0.4, 0.5) is 0 Å². The maximum absolute atomic E-state index is 12.8. The van der Waals surface area contributed by atoms with Crippen LogP contribution in [0.1, 0.15) is 271 Å². The number of nitrogens with one attached hydrogen (secondary N) is 1. The van der Waals surface area contributed by atoms with Gasteiger partial charge in [-0.05, 0) is 19.3 Å². The standard InChI is InChI=1S/C50H101N2O6P/c1-3-5-7-9-11-13-15-17-18-19-20-21-22-23-24-25-26-27-28-29-30-32-34-36-38-40-42-44-50(54)52-48(47-58-59(55,56)57-46-45-51)49(53)43-41-39-37-35-33-31-16-14-12-10-8-6-4-2/h41,43,48-49,53H,3-40,42,44-47,51H2,1-2H3,(H,52,54)(H,55,56)/b43-41+/t48-,49+/m0/s1. The van der Waals surface area contributed by atoms with Crippen LogP contribution in [-0.4, -0.2) is 47.8 Å². The van der Waals surface area contributed by atoms with Crippen molar-refractivity contribution in [2.24, 2.45) is 5.73 Å². The molecule has 1 unspecified atom stereocenters. The number of phosphoric acid groups is 1. The zero-order valence-electron chi connectivity index (χ0n) is 39.3. The molecule has 0 bridgehead atoms. The molecule has 0 radical (unpaired) electrons. The Morgan fingerprint density at radius 1 is 0.542 bits per heavy atom. The maximum atomic E-state index is 12.8. The van der Waals surface area contributed by atoms with E-state index in [0.29, 0.717) is 6.42 Å². The number of carbonyl (C=O) groups is 1. The highest BCUT2D eigenvalue weighted by molar-refractivity contribution is 7.47. The molecule has 0 heterocycles. The lowest BCUT2D eigenvalue weighted by Crippen LogP contribution is -2.45. The zero-order valence-corrected chi connectivity index (χ0v) is 40.2. The zero-order chi connectivity index (χ0) is 43.2. The molecule has 0 saturated heterocycles. The van der Waals surface area contributed by atoms with Crippen LogP contribution in [0.2, 0.25) is 0 Å². The number of hydrogen-bond acceptors (Lipinski definition) is 6. The number of aliphatic hydroxyl groups excluding tert-OH is 1. The van der Waals surface area contributed by atoms with Crippen molar-refractivity contribution in [3.63, 3.8) is 0 Å². The van der Waals surface area contributed by atoms with Crippen molar-refractivity contribution in [3.8, 4) is 0 Å². The van der Waals surface area contributed by atoms with Crippen LogP contribution in [0.5, 0.6) is 0 Å². The first-order chi connectivity index (χ1) is 28.9. The van der Waals surface area contributed by atoms with Gasteiger partial charge in [-0.15, -0.1) is 0 Å². The molecule has 59 heavy (non-hydrogen) atoms. The van der Waals surface area contributed by atoms with Crippen LogP contribution in [0.25, 0.3) is 0 Å². The molecule has 352 valence electrons. The summed E-state index contributed by atoms with van der Waals surface area (Å²) in [6.45, 7) is 4.17. The van der Waals surface area contributed by atoms with Crippen molar-refractivity contribution < 1.29 is 28.4 Å². The van der Waals surface area contributed by atoms with E-state index in [2.05, 4.69) is 19.2 Å². The minimum atomic E-state index is -4.34. The van der Waals surface area contributed by atoms with Gasteiger partial charge in [-0.2, -0.15) is 0 Å². The number of hydrogen-bond donors (Lipinski definition) is 4. The van der Waals surface area contributed by atoms with E-state index in [9.17, 15) is 19.4 Å². The van der Waals surface area contributed by atoms with E-state index < -0.39 is 20.0 Å². The fraction of sp³-hybridized carbons (Fsp3) is 0.940. The summed E-state index contributed by atoms with van der Waals surface area (Å²) in [5, 5.41) is 13.7. The third kappa shape index (κ3) is 45.1. The highest BCUT2D eigenvalue weighted by Gasteiger charge is 2.26. The van der Waals surface area contributed by atoms with Gasteiger partial charge in [0.05, 0.1) is 25.4 Å². The van der Waals surface area contributed by atoms with Crippen molar-refractivity contribution >= 4 is 13.7 Å². The van der Waals surface area contributed by atoms with E-state index in [1.165, 1.54) is 212 Å². The van der Waals surface area contributed by atoms with E-state index in [0.717, 1.165) is 38.5 Å². The average molecular weight is 857 g/mol. The van der Waals surface area contributed by atoms with Gasteiger partial charge in [0, 0.05) is 13.0 Å². The van der Waals surface area contributed by atoms with Gasteiger partial charge in [0.2, 0.25) is 5.91 Å². The van der Waals surface area contributed by atoms with Gasteiger partial charge in [0.25, 0.3) is 0 Å². The first-order valence-corrected chi connectivity index (χ1v) is 27.3. The molecule has 0 aliphatic heterocycles. The highest BCUT2D eigenvalue weighted by atomic mass is 31.2. The second-order valence-electron chi connectivity index (χ2n) is 17.7. The Kier molecular flexibility index (Phi) is 46.1. The molecule has 3 atom stereocenters.